The number of rotatable bonds is 3. The van der Waals surface area contributed by atoms with Crippen LogP contribution in [-0.2, 0) is 0 Å². The summed E-state index contributed by atoms with van der Waals surface area (Å²) in [5.41, 5.74) is 0.744. The zero-order chi connectivity index (χ0) is 15.5. The molecule has 0 amide bonds. The maximum atomic E-state index is 14.0. The molecule has 0 unspecified atom stereocenters. The van der Waals surface area contributed by atoms with Crippen LogP contribution in [0.4, 0.5) is 4.39 Å². The number of phenolic OH excluding ortho intramolecular Hbond substituents is 1. The van der Waals surface area contributed by atoms with Crippen LogP contribution < -0.4 is 5.32 Å². The first-order valence-corrected chi connectivity index (χ1v) is 9.09. The minimum atomic E-state index is -0.519. The highest BCUT2D eigenvalue weighted by Crippen LogP contribution is 2.45. The summed E-state index contributed by atoms with van der Waals surface area (Å²) < 4.78 is 14.8. The predicted octanol–water partition coefficient (Wildman–Crippen LogP) is 3.82. The van der Waals surface area contributed by atoms with Crippen molar-refractivity contribution in [1.82, 2.24) is 10.2 Å². The maximum absolute atomic E-state index is 14.0. The predicted molar refractivity (Wildman–Crippen MR) is 89.5 cm³/mol. The molecule has 1 aliphatic heterocycles. The van der Waals surface area contributed by atoms with E-state index < -0.39 is 5.82 Å². The van der Waals surface area contributed by atoms with Gasteiger partial charge in [-0.25, -0.2) is 4.39 Å². The van der Waals surface area contributed by atoms with Gasteiger partial charge in [0.25, 0.3) is 0 Å². The highest BCUT2D eigenvalue weighted by Gasteiger charge is 2.34. The molecule has 2 fully saturated rings. The maximum Gasteiger partial charge on any atom is 0.165 e. The van der Waals surface area contributed by atoms with Crippen LogP contribution in [0.5, 0.6) is 5.75 Å². The van der Waals surface area contributed by atoms with Crippen molar-refractivity contribution >= 4 is 15.9 Å². The lowest BCUT2D eigenvalue weighted by Crippen LogP contribution is -2.47. The highest BCUT2D eigenvalue weighted by molar-refractivity contribution is 9.10. The Bertz CT molecular complexity index is 496. The summed E-state index contributed by atoms with van der Waals surface area (Å²) in [6, 6.07) is 3.16. The van der Waals surface area contributed by atoms with Gasteiger partial charge in [-0.2, -0.15) is 0 Å². The van der Waals surface area contributed by atoms with Gasteiger partial charge in [0, 0.05) is 42.3 Å². The third kappa shape index (κ3) is 3.31. The molecule has 1 saturated heterocycles. The van der Waals surface area contributed by atoms with Crippen LogP contribution in [0.25, 0.3) is 0 Å². The fraction of sp³-hybridized carbons (Fsp3) is 0.647. The molecular formula is C17H24BrFN2O. The summed E-state index contributed by atoms with van der Waals surface area (Å²) >= 11 is 3.55. The third-order valence-electron chi connectivity index (χ3n) is 5.05. The zero-order valence-corrected chi connectivity index (χ0v) is 14.4. The summed E-state index contributed by atoms with van der Waals surface area (Å²) in [4.78, 5) is 2.42. The van der Waals surface area contributed by atoms with E-state index in [1.54, 1.807) is 6.07 Å². The lowest BCUT2D eigenvalue weighted by Gasteiger charge is -2.41. The molecule has 1 aliphatic carbocycles. The lowest BCUT2D eigenvalue weighted by molar-refractivity contribution is 0.100. The quantitative estimate of drug-likeness (QED) is 0.848. The SMILES string of the molecule is Oc1c(F)ccc(Br)c1[C@@H](C1CCCCC1)N1CCNCC1. The van der Waals surface area contributed by atoms with E-state index in [-0.39, 0.29) is 11.8 Å². The van der Waals surface area contributed by atoms with Gasteiger partial charge in [-0.05, 0) is 30.9 Å². The first-order valence-electron chi connectivity index (χ1n) is 8.30. The molecule has 2 N–H and O–H groups in total. The van der Waals surface area contributed by atoms with Crippen LogP contribution in [-0.4, -0.2) is 36.2 Å². The molecule has 3 nitrogen and oxygen atoms in total. The number of nitrogens with zero attached hydrogens (tertiary/aromatic N) is 1. The number of hydrogen-bond acceptors (Lipinski definition) is 3. The Balaban J connectivity index is 1.98. The molecule has 1 saturated carbocycles. The Morgan fingerprint density at radius 2 is 1.86 bits per heavy atom. The molecule has 1 heterocycles. The number of benzene rings is 1. The summed E-state index contributed by atoms with van der Waals surface area (Å²) in [7, 11) is 0. The van der Waals surface area contributed by atoms with Crippen LogP contribution in [0.2, 0.25) is 0 Å². The lowest BCUT2D eigenvalue weighted by atomic mass is 9.80. The van der Waals surface area contributed by atoms with Crippen molar-refractivity contribution in [1.29, 1.82) is 0 Å². The van der Waals surface area contributed by atoms with Crippen molar-refractivity contribution in [2.45, 2.75) is 38.1 Å². The first-order chi connectivity index (χ1) is 10.7. The van der Waals surface area contributed by atoms with Crippen LogP contribution in [0, 0.1) is 11.7 Å². The molecule has 0 aromatic heterocycles. The number of halogens is 2. The zero-order valence-electron chi connectivity index (χ0n) is 12.8. The molecule has 3 rings (SSSR count). The number of phenols is 1. The summed E-state index contributed by atoms with van der Waals surface area (Å²) in [5.74, 6) is -0.200. The van der Waals surface area contributed by atoms with Gasteiger partial charge < -0.3 is 10.4 Å². The van der Waals surface area contributed by atoms with Crippen molar-refractivity contribution in [2.75, 3.05) is 26.2 Å². The molecule has 0 radical (unpaired) electrons. The van der Waals surface area contributed by atoms with E-state index in [2.05, 4.69) is 26.1 Å². The number of hydrogen-bond donors (Lipinski definition) is 2. The smallest absolute Gasteiger partial charge is 0.165 e. The van der Waals surface area contributed by atoms with Crippen molar-refractivity contribution < 1.29 is 9.50 Å². The largest absolute Gasteiger partial charge is 0.505 e. The van der Waals surface area contributed by atoms with E-state index in [1.165, 1.54) is 25.3 Å². The van der Waals surface area contributed by atoms with Crippen molar-refractivity contribution in [3.8, 4) is 5.75 Å². The summed E-state index contributed by atoms with van der Waals surface area (Å²) in [6.07, 6.45) is 6.09. The van der Waals surface area contributed by atoms with Gasteiger partial charge in [0.2, 0.25) is 0 Å². The fourth-order valence-corrected chi connectivity index (χ4v) is 4.52. The highest BCUT2D eigenvalue weighted by atomic mass is 79.9. The van der Waals surface area contributed by atoms with E-state index in [0.717, 1.165) is 49.1 Å². The molecular weight excluding hydrogens is 347 g/mol. The summed E-state index contributed by atoms with van der Waals surface area (Å²) in [5, 5.41) is 13.7. The van der Waals surface area contributed by atoms with E-state index in [0.29, 0.717) is 5.92 Å². The molecule has 1 aromatic carbocycles. The Morgan fingerprint density at radius 3 is 2.55 bits per heavy atom. The van der Waals surface area contributed by atoms with E-state index in [4.69, 9.17) is 0 Å². The Hall–Kier alpha value is -0.650. The number of nitrogens with one attached hydrogen (secondary N) is 1. The second-order valence-corrected chi connectivity index (χ2v) is 7.27. The second kappa shape index (κ2) is 7.28. The average Bonchev–Trinajstić information content (AvgIpc) is 2.57. The van der Waals surface area contributed by atoms with Gasteiger partial charge in [0.05, 0.1) is 0 Å². The van der Waals surface area contributed by atoms with Gasteiger partial charge in [-0.3, -0.25) is 4.90 Å². The van der Waals surface area contributed by atoms with Crippen LogP contribution >= 0.6 is 15.9 Å². The molecule has 0 bridgehead atoms. The van der Waals surface area contributed by atoms with Gasteiger partial charge in [-0.15, -0.1) is 0 Å². The monoisotopic (exact) mass is 370 g/mol. The molecule has 122 valence electrons. The minimum Gasteiger partial charge on any atom is -0.505 e. The molecule has 22 heavy (non-hydrogen) atoms. The average molecular weight is 371 g/mol. The summed E-state index contributed by atoms with van der Waals surface area (Å²) in [6.45, 7) is 3.81. The van der Waals surface area contributed by atoms with Crippen LogP contribution in [0.3, 0.4) is 0 Å². The standard InChI is InChI=1S/C17H24BrFN2O/c18-13-6-7-14(19)17(22)15(13)16(12-4-2-1-3-5-12)21-10-8-20-9-11-21/h6-7,12,16,20,22H,1-5,8-11H2/t16-/m1/s1. The van der Waals surface area contributed by atoms with Crippen molar-refractivity contribution in [3.05, 3.63) is 28.0 Å². The van der Waals surface area contributed by atoms with Gasteiger partial charge in [0.1, 0.15) is 0 Å². The fourth-order valence-electron chi connectivity index (χ4n) is 3.96. The van der Waals surface area contributed by atoms with E-state index >= 15 is 0 Å². The van der Waals surface area contributed by atoms with Crippen LogP contribution in [0.15, 0.2) is 16.6 Å². The van der Waals surface area contributed by atoms with Gasteiger partial charge >= 0.3 is 0 Å². The molecule has 1 atom stereocenters. The Morgan fingerprint density at radius 1 is 1.18 bits per heavy atom. The van der Waals surface area contributed by atoms with Crippen molar-refractivity contribution in [2.24, 2.45) is 5.92 Å². The topological polar surface area (TPSA) is 35.5 Å². The Kier molecular flexibility index (Phi) is 5.37. The van der Waals surface area contributed by atoms with E-state index in [9.17, 15) is 9.50 Å². The van der Waals surface area contributed by atoms with Crippen LogP contribution in [0.1, 0.15) is 43.7 Å². The second-order valence-electron chi connectivity index (χ2n) is 6.42. The Labute approximate surface area is 140 Å². The third-order valence-corrected chi connectivity index (χ3v) is 5.74. The molecule has 2 aliphatic rings. The van der Waals surface area contributed by atoms with E-state index in [1.807, 2.05) is 0 Å². The van der Waals surface area contributed by atoms with Crippen molar-refractivity contribution in [3.63, 3.8) is 0 Å². The van der Waals surface area contributed by atoms with Gasteiger partial charge in [-0.1, -0.05) is 35.2 Å². The number of aromatic hydroxyl groups is 1. The normalized spacial score (nSPS) is 22.6. The molecule has 0 spiro atoms. The van der Waals surface area contributed by atoms with Gasteiger partial charge in [0.15, 0.2) is 11.6 Å². The minimum absolute atomic E-state index is 0.104. The first kappa shape index (κ1) is 16.2. The number of piperazine rings is 1. The molecule has 1 aromatic rings. The molecule has 5 heteroatoms.